The zero-order valence-corrected chi connectivity index (χ0v) is 11.3. The Hall–Kier alpha value is -2.76. The molecule has 0 aliphatic heterocycles. The number of nitrogens with two attached hydrogens (primary N) is 1. The third-order valence-corrected chi connectivity index (χ3v) is 3.01. The molecule has 1 aromatic carbocycles. The van der Waals surface area contributed by atoms with Gasteiger partial charge in [0.1, 0.15) is 5.52 Å². The van der Waals surface area contributed by atoms with Crippen molar-refractivity contribution in [2.75, 3.05) is 24.7 Å². The van der Waals surface area contributed by atoms with Crippen LogP contribution in [-0.2, 0) is 0 Å². The molecule has 0 bridgehead atoms. The van der Waals surface area contributed by atoms with Gasteiger partial charge in [0, 0.05) is 38.2 Å². The molecule has 6 nitrogen and oxygen atoms in total. The second-order valence-corrected chi connectivity index (χ2v) is 4.61. The number of aromatic nitrogens is 3. The predicted octanol–water partition coefficient (Wildman–Crippen LogP) is 2.17. The molecule has 3 rings (SSSR count). The summed E-state index contributed by atoms with van der Waals surface area (Å²) < 4.78 is 7.55. The van der Waals surface area contributed by atoms with Crippen molar-refractivity contribution in [1.29, 1.82) is 0 Å². The average Bonchev–Trinajstić information content (AvgIpc) is 2.90. The van der Waals surface area contributed by atoms with E-state index in [1.54, 1.807) is 23.1 Å². The molecule has 2 N–H and O–H groups in total. The van der Waals surface area contributed by atoms with E-state index in [9.17, 15) is 0 Å². The van der Waals surface area contributed by atoms with Crippen LogP contribution in [0.25, 0.3) is 5.52 Å². The number of nitrogens with zero attached hydrogens (tertiary/aromatic N) is 4. The molecule has 0 aliphatic carbocycles. The molecular formula is C14H15N5O. The largest absolute Gasteiger partial charge is 0.435 e. The Morgan fingerprint density at radius 3 is 2.85 bits per heavy atom. The Labute approximate surface area is 116 Å². The molecule has 102 valence electrons. The van der Waals surface area contributed by atoms with Gasteiger partial charge >= 0.3 is 0 Å². The third-order valence-electron chi connectivity index (χ3n) is 3.01. The van der Waals surface area contributed by atoms with Crippen LogP contribution in [0.3, 0.4) is 0 Å². The lowest BCUT2D eigenvalue weighted by Gasteiger charge is -2.15. The van der Waals surface area contributed by atoms with Crippen LogP contribution in [0.2, 0.25) is 0 Å². The quantitative estimate of drug-likeness (QED) is 0.738. The number of hydrogen-bond donors (Lipinski definition) is 1. The molecular weight excluding hydrogens is 254 g/mol. The maximum absolute atomic E-state index is 5.96. The van der Waals surface area contributed by atoms with Crippen LogP contribution in [0.15, 0.2) is 42.9 Å². The van der Waals surface area contributed by atoms with E-state index in [1.807, 2.05) is 43.3 Å². The van der Waals surface area contributed by atoms with Crippen molar-refractivity contribution in [2.24, 2.45) is 0 Å². The van der Waals surface area contributed by atoms with Crippen molar-refractivity contribution in [3.8, 4) is 11.6 Å². The monoisotopic (exact) mass is 269 g/mol. The van der Waals surface area contributed by atoms with Crippen molar-refractivity contribution in [2.45, 2.75) is 0 Å². The second kappa shape index (κ2) is 4.73. The molecule has 2 heterocycles. The van der Waals surface area contributed by atoms with Crippen molar-refractivity contribution in [3.63, 3.8) is 0 Å². The summed E-state index contributed by atoms with van der Waals surface area (Å²) >= 11 is 0. The first kappa shape index (κ1) is 12.3. The highest BCUT2D eigenvalue weighted by Gasteiger charge is 2.09. The molecule has 0 unspecified atom stereocenters. The molecule has 20 heavy (non-hydrogen) atoms. The van der Waals surface area contributed by atoms with Crippen molar-refractivity contribution in [1.82, 2.24) is 14.6 Å². The number of nitrogen functional groups attached to an aromatic ring is 1. The van der Waals surface area contributed by atoms with Crippen LogP contribution in [0.1, 0.15) is 0 Å². The van der Waals surface area contributed by atoms with Crippen LogP contribution < -0.4 is 15.4 Å². The Balaban J connectivity index is 2.02. The smallest absolute Gasteiger partial charge is 0.245 e. The van der Waals surface area contributed by atoms with Crippen LogP contribution in [0.5, 0.6) is 11.6 Å². The van der Waals surface area contributed by atoms with E-state index in [4.69, 9.17) is 10.5 Å². The number of hydrogen-bond acceptors (Lipinski definition) is 5. The number of fused-ring (bicyclic) bond motifs is 1. The molecule has 0 saturated heterocycles. The summed E-state index contributed by atoms with van der Waals surface area (Å²) in [5.74, 6) is 1.06. The van der Waals surface area contributed by atoms with Gasteiger partial charge in [0.05, 0.1) is 11.9 Å². The van der Waals surface area contributed by atoms with E-state index in [0.29, 0.717) is 17.3 Å². The zero-order chi connectivity index (χ0) is 14.1. The van der Waals surface area contributed by atoms with Gasteiger partial charge in [-0.05, 0) is 18.2 Å². The van der Waals surface area contributed by atoms with Gasteiger partial charge in [0.25, 0.3) is 0 Å². The van der Waals surface area contributed by atoms with Gasteiger partial charge in [0.15, 0.2) is 5.75 Å². The van der Waals surface area contributed by atoms with Crippen molar-refractivity contribution < 1.29 is 4.74 Å². The van der Waals surface area contributed by atoms with Crippen LogP contribution in [0, 0.1) is 0 Å². The number of benzene rings is 1. The van der Waals surface area contributed by atoms with E-state index >= 15 is 0 Å². The molecule has 3 aromatic rings. The maximum atomic E-state index is 5.96. The highest BCUT2D eigenvalue weighted by molar-refractivity contribution is 5.64. The topological polar surface area (TPSA) is 68.7 Å². The second-order valence-electron chi connectivity index (χ2n) is 4.61. The third kappa shape index (κ3) is 2.11. The minimum absolute atomic E-state index is 0.479. The van der Waals surface area contributed by atoms with E-state index in [-0.39, 0.29) is 0 Å². The number of anilines is 2. The zero-order valence-electron chi connectivity index (χ0n) is 11.3. The maximum Gasteiger partial charge on any atom is 0.245 e. The van der Waals surface area contributed by atoms with Gasteiger partial charge in [-0.15, -0.1) is 0 Å². The van der Waals surface area contributed by atoms with E-state index in [1.165, 1.54) is 0 Å². The fourth-order valence-electron chi connectivity index (χ4n) is 1.91. The Morgan fingerprint density at radius 1 is 1.20 bits per heavy atom. The molecule has 0 radical (unpaired) electrons. The summed E-state index contributed by atoms with van der Waals surface area (Å²) in [6, 6.07) is 7.49. The molecule has 0 aliphatic rings. The van der Waals surface area contributed by atoms with Gasteiger partial charge < -0.3 is 15.4 Å². The Bertz CT molecular complexity index is 750. The average molecular weight is 269 g/mol. The van der Waals surface area contributed by atoms with Gasteiger partial charge in [0.2, 0.25) is 5.88 Å². The molecule has 0 amide bonds. The first-order chi connectivity index (χ1) is 9.65. The fraction of sp³-hybridized carbons (Fsp3) is 0.143. The van der Waals surface area contributed by atoms with E-state index in [0.717, 1.165) is 11.2 Å². The molecule has 2 aromatic heterocycles. The van der Waals surface area contributed by atoms with Crippen LogP contribution in [-0.4, -0.2) is 28.7 Å². The SMILES string of the molecule is CN(C)c1ccc(N)c(Oc2nccn3nccc23)c1. The van der Waals surface area contributed by atoms with Crippen LogP contribution >= 0.6 is 0 Å². The highest BCUT2D eigenvalue weighted by Crippen LogP contribution is 2.31. The molecule has 0 atom stereocenters. The predicted molar refractivity (Wildman–Crippen MR) is 78.2 cm³/mol. The summed E-state index contributed by atoms with van der Waals surface area (Å²) in [5, 5.41) is 4.15. The number of rotatable bonds is 3. The van der Waals surface area contributed by atoms with Gasteiger partial charge in [-0.25, -0.2) is 9.50 Å². The molecule has 0 fully saturated rings. The summed E-state index contributed by atoms with van der Waals surface area (Å²) in [6.07, 6.45) is 5.10. The minimum atomic E-state index is 0.479. The van der Waals surface area contributed by atoms with Gasteiger partial charge in [-0.1, -0.05) is 0 Å². The standard InChI is InChI=1S/C14H15N5O/c1-18(2)10-3-4-11(15)13(9-10)20-14-12-5-6-17-19(12)8-7-16-14/h3-9H,15H2,1-2H3. The number of ether oxygens (including phenoxy) is 1. The fourth-order valence-corrected chi connectivity index (χ4v) is 1.91. The lowest BCUT2D eigenvalue weighted by molar-refractivity contribution is 0.468. The normalized spacial score (nSPS) is 10.7. The minimum Gasteiger partial charge on any atom is -0.435 e. The Morgan fingerprint density at radius 2 is 2.05 bits per heavy atom. The van der Waals surface area contributed by atoms with E-state index < -0.39 is 0 Å². The molecule has 6 heteroatoms. The summed E-state index contributed by atoms with van der Waals surface area (Å²) in [4.78, 5) is 6.22. The molecule has 0 spiro atoms. The lowest BCUT2D eigenvalue weighted by atomic mass is 10.2. The summed E-state index contributed by atoms with van der Waals surface area (Å²) in [5.41, 5.74) is 8.33. The van der Waals surface area contributed by atoms with E-state index in [2.05, 4.69) is 10.1 Å². The van der Waals surface area contributed by atoms with Crippen LogP contribution in [0.4, 0.5) is 11.4 Å². The Kier molecular flexibility index (Phi) is 2.90. The van der Waals surface area contributed by atoms with Crippen molar-refractivity contribution in [3.05, 3.63) is 42.9 Å². The molecule has 0 saturated carbocycles. The lowest BCUT2D eigenvalue weighted by Crippen LogP contribution is -2.09. The highest BCUT2D eigenvalue weighted by atomic mass is 16.5. The summed E-state index contributed by atoms with van der Waals surface area (Å²) in [6.45, 7) is 0. The van der Waals surface area contributed by atoms with Gasteiger partial charge in [-0.3, -0.25) is 0 Å². The first-order valence-electron chi connectivity index (χ1n) is 6.18. The summed E-state index contributed by atoms with van der Waals surface area (Å²) in [7, 11) is 3.93. The van der Waals surface area contributed by atoms with Gasteiger partial charge in [-0.2, -0.15) is 5.10 Å². The van der Waals surface area contributed by atoms with Crippen molar-refractivity contribution >= 4 is 16.9 Å². The first-order valence-corrected chi connectivity index (χ1v) is 6.18.